The molecule has 0 spiro atoms. The molecule has 3 aromatic rings. The van der Waals surface area contributed by atoms with Gasteiger partial charge in [0.1, 0.15) is 11.5 Å². The molecule has 1 saturated carbocycles. The summed E-state index contributed by atoms with van der Waals surface area (Å²) in [5.74, 6) is 1.33. The average molecular weight is 415 g/mol. The molecule has 0 unspecified atom stereocenters. The molecule has 2 N–H and O–H groups in total. The molecular formula is C21H23F2N5O2. The second kappa shape index (κ2) is 8.83. The topological polar surface area (TPSA) is 92.9 Å². The quantitative estimate of drug-likeness (QED) is 0.633. The number of anilines is 1. The lowest BCUT2D eigenvalue weighted by Crippen LogP contribution is -2.38. The molecule has 3 heterocycles. The third kappa shape index (κ3) is 4.79. The van der Waals surface area contributed by atoms with Crippen LogP contribution in [-0.4, -0.2) is 39.9 Å². The molecular weight excluding hydrogens is 392 g/mol. The molecule has 0 saturated heterocycles. The van der Waals surface area contributed by atoms with E-state index in [1.807, 2.05) is 12.1 Å². The van der Waals surface area contributed by atoms with E-state index in [1.165, 1.54) is 0 Å². The van der Waals surface area contributed by atoms with Crippen LogP contribution in [0.5, 0.6) is 0 Å². The van der Waals surface area contributed by atoms with Crippen LogP contribution in [0.2, 0.25) is 0 Å². The fourth-order valence-corrected chi connectivity index (χ4v) is 3.75. The molecule has 0 aliphatic heterocycles. The van der Waals surface area contributed by atoms with Crippen molar-refractivity contribution in [3.63, 3.8) is 0 Å². The Morgan fingerprint density at radius 1 is 1.20 bits per heavy atom. The van der Waals surface area contributed by atoms with Gasteiger partial charge in [-0.3, -0.25) is 4.79 Å². The highest BCUT2D eigenvalue weighted by Crippen LogP contribution is 2.27. The fourth-order valence-electron chi connectivity index (χ4n) is 3.75. The zero-order valence-corrected chi connectivity index (χ0v) is 16.6. The summed E-state index contributed by atoms with van der Waals surface area (Å²) >= 11 is 0. The van der Waals surface area contributed by atoms with E-state index >= 15 is 0 Å². The molecule has 0 atom stereocenters. The van der Waals surface area contributed by atoms with Crippen molar-refractivity contribution in [1.29, 1.82) is 0 Å². The third-order valence-corrected chi connectivity index (χ3v) is 5.36. The van der Waals surface area contributed by atoms with Crippen molar-refractivity contribution in [2.45, 2.75) is 45.1 Å². The summed E-state index contributed by atoms with van der Waals surface area (Å²) in [5.41, 5.74) is 1.34. The second-order valence-electron chi connectivity index (χ2n) is 7.54. The number of oxazole rings is 1. The van der Waals surface area contributed by atoms with Crippen LogP contribution in [0.4, 0.5) is 14.6 Å². The van der Waals surface area contributed by atoms with Gasteiger partial charge in [0, 0.05) is 36.5 Å². The Morgan fingerprint density at radius 2 is 2.00 bits per heavy atom. The number of halogens is 2. The van der Waals surface area contributed by atoms with Crippen LogP contribution in [0.15, 0.2) is 35.0 Å². The Bertz CT molecular complexity index is 1030. The number of rotatable bonds is 6. The van der Waals surface area contributed by atoms with Crippen molar-refractivity contribution in [2.24, 2.45) is 5.92 Å². The highest BCUT2D eigenvalue weighted by molar-refractivity contribution is 5.93. The van der Waals surface area contributed by atoms with Crippen molar-refractivity contribution in [3.05, 3.63) is 36.5 Å². The molecule has 3 aromatic heterocycles. The Hall–Kier alpha value is -2.94. The Morgan fingerprint density at radius 3 is 2.70 bits per heavy atom. The molecule has 158 valence electrons. The number of nitrogens with one attached hydrogen (secondary N) is 2. The second-order valence-corrected chi connectivity index (χ2v) is 7.54. The maximum absolute atomic E-state index is 12.6. The number of alkyl halides is 2. The molecule has 0 aromatic carbocycles. The van der Waals surface area contributed by atoms with Gasteiger partial charge in [-0.1, -0.05) is 0 Å². The molecule has 1 amide bonds. The zero-order chi connectivity index (χ0) is 21.1. The predicted octanol–water partition coefficient (Wildman–Crippen LogP) is 3.95. The number of aryl methyl sites for hydroxylation is 1. The van der Waals surface area contributed by atoms with Crippen LogP contribution in [0, 0.1) is 12.8 Å². The first-order chi connectivity index (χ1) is 14.5. The minimum atomic E-state index is -2.35. The van der Waals surface area contributed by atoms with Crippen molar-refractivity contribution in [1.82, 2.24) is 20.3 Å². The standard InChI is InChI=1S/C21H23F2N5O2/c1-12-24-10-18(30-12)16-7-4-14-9-26-20(8-17(14)27-16)28-21(29)13-2-5-15(6-3-13)25-11-19(22)23/h4,7-10,13,15,19,25H,2-3,5-6,11H2,1H3,(H,26,28,29). The number of hydrogen-bond donors (Lipinski definition) is 2. The van der Waals surface area contributed by atoms with Gasteiger partial charge in [0.2, 0.25) is 5.91 Å². The first-order valence-electron chi connectivity index (χ1n) is 10.00. The summed E-state index contributed by atoms with van der Waals surface area (Å²) in [5, 5.41) is 6.57. The number of hydrogen-bond acceptors (Lipinski definition) is 6. The molecule has 0 radical (unpaired) electrons. The van der Waals surface area contributed by atoms with E-state index in [4.69, 9.17) is 4.42 Å². The van der Waals surface area contributed by atoms with Crippen molar-refractivity contribution < 1.29 is 18.0 Å². The Balaban J connectivity index is 1.40. The monoisotopic (exact) mass is 415 g/mol. The Labute approximate surface area is 172 Å². The van der Waals surface area contributed by atoms with E-state index < -0.39 is 6.43 Å². The molecule has 1 aliphatic rings. The number of aromatic nitrogens is 3. The van der Waals surface area contributed by atoms with Gasteiger partial charge in [0.05, 0.1) is 18.3 Å². The SMILES string of the molecule is Cc1ncc(-c2ccc3cnc(NC(=O)C4CCC(NCC(F)F)CC4)cc3n2)o1. The number of pyridine rings is 2. The first-order valence-corrected chi connectivity index (χ1v) is 10.00. The predicted molar refractivity (Wildman–Crippen MR) is 108 cm³/mol. The van der Waals surface area contributed by atoms with E-state index in [-0.39, 0.29) is 24.4 Å². The zero-order valence-electron chi connectivity index (χ0n) is 16.6. The van der Waals surface area contributed by atoms with Gasteiger partial charge in [0.25, 0.3) is 6.43 Å². The first kappa shape index (κ1) is 20.3. The summed E-state index contributed by atoms with van der Waals surface area (Å²) in [7, 11) is 0. The number of fused-ring (bicyclic) bond motifs is 1. The smallest absolute Gasteiger partial charge is 0.250 e. The molecule has 1 fully saturated rings. The summed E-state index contributed by atoms with van der Waals surface area (Å²) in [6.45, 7) is 1.47. The molecule has 9 heteroatoms. The van der Waals surface area contributed by atoms with Crippen LogP contribution in [0.3, 0.4) is 0 Å². The van der Waals surface area contributed by atoms with E-state index in [9.17, 15) is 13.6 Å². The lowest BCUT2D eigenvalue weighted by molar-refractivity contribution is -0.120. The minimum absolute atomic E-state index is 0.0455. The maximum atomic E-state index is 12.6. The van der Waals surface area contributed by atoms with Crippen LogP contribution in [-0.2, 0) is 4.79 Å². The van der Waals surface area contributed by atoms with Gasteiger partial charge in [-0.15, -0.1) is 0 Å². The summed E-state index contributed by atoms with van der Waals surface area (Å²) in [6.07, 6.45) is 3.67. The van der Waals surface area contributed by atoms with E-state index in [0.717, 1.165) is 5.39 Å². The summed E-state index contributed by atoms with van der Waals surface area (Å²) in [6, 6.07) is 5.50. The summed E-state index contributed by atoms with van der Waals surface area (Å²) in [4.78, 5) is 25.6. The summed E-state index contributed by atoms with van der Waals surface area (Å²) < 4.78 is 30.2. The number of carbonyl (C=O) groups is 1. The maximum Gasteiger partial charge on any atom is 0.250 e. The van der Waals surface area contributed by atoms with Crippen molar-refractivity contribution in [3.8, 4) is 11.5 Å². The lowest BCUT2D eigenvalue weighted by atomic mass is 9.85. The van der Waals surface area contributed by atoms with Gasteiger partial charge < -0.3 is 15.1 Å². The van der Waals surface area contributed by atoms with Gasteiger partial charge in [-0.05, 0) is 37.8 Å². The van der Waals surface area contributed by atoms with Crippen LogP contribution >= 0.6 is 0 Å². The van der Waals surface area contributed by atoms with Crippen LogP contribution in [0.1, 0.15) is 31.6 Å². The minimum Gasteiger partial charge on any atom is -0.439 e. The van der Waals surface area contributed by atoms with Gasteiger partial charge in [-0.25, -0.2) is 23.7 Å². The number of amides is 1. The molecule has 4 rings (SSSR count). The number of nitrogens with zero attached hydrogens (tertiary/aromatic N) is 3. The lowest BCUT2D eigenvalue weighted by Gasteiger charge is -2.28. The van der Waals surface area contributed by atoms with Crippen molar-refractivity contribution in [2.75, 3.05) is 11.9 Å². The van der Waals surface area contributed by atoms with Crippen LogP contribution in [0.25, 0.3) is 22.4 Å². The largest absolute Gasteiger partial charge is 0.439 e. The fraction of sp³-hybridized carbons (Fsp3) is 0.429. The van der Waals surface area contributed by atoms with E-state index in [1.54, 1.807) is 25.4 Å². The molecule has 7 nitrogen and oxygen atoms in total. The van der Waals surface area contributed by atoms with Gasteiger partial charge in [0.15, 0.2) is 11.7 Å². The van der Waals surface area contributed by atoms with Crippen molar-refractivity contribution >= 4 is 22.6 Å². The van der Waals surface area contributed by atoms with E-state index in [0.29, 0.717) is 54.4 Å². The highest BCUT2D eigenvalue weighted by atomic mass is 19.3. The molecule has 30 heavy (non-hydrogen) atoms. The van der Waals surface area contributed by atoms with Gasteiger partial charge in [-0.2, -0.15) is 0 Å². The Kier molecular flexibility index (Phi) is 5.98. The average Bonchev–Trinajstić information content (AvgIpc) is 3.18. The molecule has 0 bridgehead atoms. The van der Waals surface area contributed by atoms with Gasteiger partial charge >= 0.3 is 0 Å². The third-order valence-electron chi connectivity index (χ3n) is 5.36. The van der Waals surface area contributed by atoms with Crippen LogP contribution < -0.4 is 10.6 Å². The highest BCUT2D eigenvalue weighted by Gasteiger charge is 2.26. The molecule has 1 aliphatic carbocycles. The normalized spacial score (nSPS) is 19.3. The van der Waals surface area contributed by atoms with E-state index in [2.05, 4.69) is 25.6 Å². The number of carbonyl (C=O) groups excluding carboxylic acids is 1.